The van der Waals surface area contributed by atoms with Crippen LogP contribution in [0.1, 0.15) is 39.4 Å². The van der Waals surface area contributed by atoms with Gasteiger partial charge in [0, 0.05) is 12.6 Å². The summed E-state index contributed by atoms with van der Waals surface area (Å²) < 4.78 is 6.31. The minimum Gasteiger partial charge on any atom is -0.622 e. The lowest BCUT2D eigenvalue weighted by Crippen LogP contribution is -2.48. The highest BCUT2D eigenvalue weighted by atomic mass is 32.2. The number of nitrogens with zero attached hydrogens (tertiary/aromatic N) is 3. The summed E-state index contributed by atoms with van der Waals surface area (Å²) in [6.45, 7) is 6.84. The molecule has 7 nitrogen and oxygen atoms in total. The standard InChI is InChI=1S/C16H21N3O4S2/c1-4-5-10-17-14(16(2,3)25-15(17)24)18(20)11-6-7-12-8-9-13(23-12)19(21)22/h6-9,11,14H,4-5,10H2,1-3H3. The summed E-state index contributed by atoms with van der Waals surface area (Å²) in [5.74, 6) is -0.0159. The van der Waals surface area contributed by atoms with Crippen LogP contribution in [0.3, 0.4) is 0 Å². The molecule has 1 fully saturated rings. The highest BCUT2D eigenvalue weighted by Gasteiger charge is 2.49. The first kappa shape index (κ1) is 19.5. The van der Waals surface area contributed by atoms with Gasteiger partial charge in [0.25, 0.3) is 6.17 Å². The Morgan fingerprint density at radius 1 is 1.44 bits per heavy atom. The number of unbranched alkanes of at least 4 members (excludes halogenated alkanes) is 1. The summed E-state index contributed by atoms with van der Waals surface area (Å²) in [5, 5.41) is 23.2. The smallest absolute Gasteiger partial charge is 0.433 e. The normalized spacial score (nSPS) is 20.6. The number of thiocarbonyl (C=S) groups is 1. The van der Waals surface area contributed by atoms with Gasteiger partial charge >= 0.3 is 5.88 Å². The number of hydrogen-bond donors (Lipinski definition) is 0. The van der Waals surface area contributed by atoms with Crippen LogP contribution in [0.4, 0.5) is 5.88 Å². The Labute approximate surface area is 156 Å². The van der Waals surface area contributed by atoms with E-state index in [0.717, 1.165) is 28.4 Å². The number of thioether (sulfide) groups is 1. The molecule has 1 aliphatic rings. The second-order valence-electron chi connectivity index (χ2n) is 6.19. The third kappa shape index (κ3) is 4.60. The summed E-state index contributed by atoms with van der Waals surface area (Å²) in [6.07, 6.45) is 6.03. The van der Waals surface area contributed by atoms with Crippen LogP contribution in [0.25, 0.3) is 6.08 Å². The van der Waals surface area contributed by atoms with E-state index in [9.17, 15) is 15.3 Å². The number of rotatable bonds is 7. The molecule has 1 unspecified atom stereocenters. The van der Waals surface area contributed by atoms with Crippen molar-refractivity contribution in [2.45, 2.75) is 44.5 Å². The molecule has 0 aromatic carbocycles. The summed E-state index contributed by atoms with van der Waals surface area (Å²) in [4.78, 5) is 12.0. The van der Waals surface area contributed by atoms with Crippen molar-refractivity contribution in [3.05, 3.63) is 39.3 Å². The van der Waals surface area contributed by atoms with Gasteiger partial charge in [-0.2, -0.15) is 4.74 Å². The van der Waals surface area contributed by atoms with Crippen molar-refractivity contribution >= 4 is 46.5 Å². The predicted molar refractivity (Wildman–Crippen MR) is 104 cm³/mol. The van der Waals surface area contributed by atoms with Crippen molar-refractivity contribution in [3.63, 3.8) is 0 Å². The van der Waals surface area contributed by atoms with Crippen molar-refractivity contribution in [1.82, 2.24) is 4.90 Å². The van der Waals surface area contributed by atoms with E-state index in [1.807, 2.05) is 18.7 Å². The highest BCUT2D eigenvalue weighted by Crippen LogP contribution is 2.41. The Bertz CT molecular complexity index is 712. The molecule has 0 aliphatic carbocycles. The first-order valence-electron chi connectivity index (χ1n) is 7.97. The Hall–Kier alpha value is -1.87. The zero-order valence-electron chi connectivity index (χ0n) is 14.4. The number of hydroxylamine groups is 1. The van der Waals surface area contributed by atoms with Gasteiger partial charge < -0.3 is 9.62 Å². The fraction of sp³-hybridized carbons (Fsp3) is 0.500. The monoisotopic (exact) mass is 383 g/mol. The average Bonchev–Trinajstić information content (AvgIpc) is 3.07. The third-order valence-electron chi connectivity index (χ3n) is 3.78. The zero-order valence-corrected chi connectivity index (χ0v) is 16.0. The van der Waals surface area contributed by atoms with E-state index in [2.05, 4.69) is 6.92 Å². The second kappa shape index (κ2) is 8.01. The molecule has 0 N–H and O–H groups in total. The van der Waals surface area contributed by atoms with Crippen LogP contribution < -0.4 is 0 Å². The quantitative estimate of drug-likeness (QED) is 0.175. The van der Waals surface area contributed by atoms with Crippen LogP contribution >= 0.6 is 24.0 Å². The molecule has 2 rings (SSSR count). The molecule has 9 heteroatoms. The minimum atomic E-state index is -0.605. The van der Waals surface area contributed by atoms with Gasteiger partial charge in [-0.15, -0.1) is 0 Å². The van der Waals surface area contributed by atoms with Crippen molar-refractivity contribution in [1.29, 1.82) is 0 Å². The topological polar surface area (TPSA) is 85.6 Å². The van der Waals surface area contributed by atoms with Gasteiger partial charge in [-0.3, -0.25) is 15.0 Å². The average molecular weight is 383 g/mol. The Kier molecular flexibility index (Phi) is 6.23. The molecule has 0 radical (unpaired) electrons. The lowest BCUT2D eigenvalue weighted by atomic mass is 10.1. The van der Waals surface area contributed by atoms with Gasteiger partial charge in [-0.25, -0.2) is 0 Å². The fourth-order valence-electron chi connectivity index (χ4n) is 2.63. The highest BCUT2D eigenvalue weighted by molar-refractivity contribution is 8.24. The SMILES string of the molecule is CCCCN1C(=S)SC(C)(C)C1[N+]([O-])=CC=Cc1ccc([N+](=O)[O-])o1. The molecular formula is C16H21N3O4S2. The molecule has 1 atom stereocenters. The molecule has 1 saturated heterocycles. The van der Waals surface area contributed by atoms with Crippen LogP contribution in [0, 0.1) is 15.3 Å². The molecule has 136 valence electrons. The first-order valence-corrected chi connectivity index (χ1v) is 9.19. The van der Waals surface area contributed by atoms with Crippen molar-refractivity contribution < 1.29 is 14.1 Å². The maximum Gasteiger partial charge on any atom is 0.433 e. The lowest BCUT2D eigenvalue weighted by molar-refractivity contribution is -0.523. The Morgan fingerprint density at radius 3 is 2.76 bits per heavy atom. The van der Waals surface area contributed by atoms with Crippen molar-refractivity contribution in [2.75, 3.05) is 6.54 Å². The number of furan rings is 1. The molecule has 25 heavy (non-hydrogen) atoms. The summed E-state index contributed by atoms with van der Waals surface area (Å²) in [5.41, 5.74) is 0. The summed E-state index contributed by atoms with van der Waals surface area (Å²) in [6, 6.07) is 2.76. The van der Waals surface area contributed by atoms with Crippen LogP contribution in [0.5, 0.6) is 0 Å². The summed E-state index contributed by atoms with van der Waals surface area (Å²) >= 11 is 6.96. The van der Waals surface area contributed by atoms with Crippen LogP contribution in [0.15, 0.2) is 22.6 Å². The predicted octanol–water partition coefficient (Wildman–Crippen LogP) is 4.02. The van der Waals surface area contributed by atoms with Crippen LogP contribution in [0.2, 0.25) is 0 Å². The number of nitro groups is 1. The largest absolute Gasteiger partial charge is 0.622 e. The van der Waals surface area contributed by atoms with Crippen LogP contribution in [-0.4, -0.2) is 42.6 Å². The third-order valence-corrected chi connectivity index (χ3v) is 5.41. The molecule has 1 aromatic rings. The van der Waals surface area contributed by atoms with Crippen LogP contribution in [-0.2, 0) is 0 Å². The van der Waals surface area contributed by atoms with Gasteiger partial charge in [0.1, 0.15) is 19.8 Å². The molecule has 0 saturated carbocycles. The van der Waals surface area contributed by atoms with E-state index < -0.39 is 11.1 Å². The van der Waals surface area contributed by atoms with E-state index in [4.69, 9.17) is 16.6 Å². The molecule has 0 bridgehead atoms. The van der Waals surface area contributed by atoms with Gasteiger partial charge in [0.05, 0.1) is 6.07 Å². The lowest BCUT2D eigenvalue weighted by Gasteiger charge is -2.29. The van der Waals surface area contributed by atoms with Crippen molar-refractivity contribution in [2.24, 2.45) is 0 Å². The zero-order chi connectivity index (χ0) is 18.6. The molecule has 0 amide bonds. The van der Waals surface area contributed by atoms with E-state index in [1.54, 1.807) is 0 Å². The van der Waals surface area contributed by atoms with Gasteiger partial charge in [0.2, 0.25) is 0 Å². The van der Waals surface area contributed by atoms with E-state index in [-0.39, 0.29) is 10.6 Å². The van der Waals surface area contributed by atoms with Crippen molar-refractivity contribution in [3.8, 4) is 0 Å². The maximum absolute atomic E-state index is 12.6. The van der Waals surface area contributed by atoms with E-state index in [1.165, 1.54) is 42.3 Å². The molecule has 1 aromatic heterocycles. The van der Waals surface area contributed by atoms with E-state index >= 15 is 0 Å². The molecule has 0 spiro atoms. The second-order valence-corrected chi connectivity index (χ2v) is 8.48. The first-order chi connectivity index (χ1) is 11.8. The van der Waals surface area contributed by atoms with E-state index in [0.29, 0.717) is 5.76 Å². The Morgan fingerprint density at radius 2 is 2.16 bits per heavy atom. The fourth-order valence-corrected chi connectivity index (χ4v) is 4.56. The van der Waals surface area contributed by atoms with Gasteiger partial charge in [-0.05, 0) is 32.4 Å². The number of hydrogen-bond acceptors (Lipinski definition) is 6. The van der Waals surface area contributed by atoms with Gasteiger partial charge in [0.15, 0.2) is 6.21 Å². The number of allylic oxidation sites excluding steroid dienone is 1. The molecule has 1 aliphatic heterocycles. The molecular weight excluding hydrogens is 362 g/mol. The molecule has 2 heterocycles. The Balaban J connectivity index is 2.15. The minimum absolute atomic E-state index is 0.315. The summed E-state index contributed by atoms with van der Waals surface area (Å²) in [7, 11) is 0. The van der Waals surface area contributed by atoms with Gasteiger partial charge in [-0.1, -0.05) is 37.3 Å². The maximum atomic E-state index is 12.6.